The maximum atomic E-state index is 12.3. The largest absolute Gasteiger partial charge is 0.417 e. The van der Waals surface area contributed by atoms with Crippen molar-refractivity contribution in [2.75, 3.05) is 6.61 Å². The average Bonchev–Trinajstić information content (AvgIpc) is 2.37. The lowest BCUT2D eigenvalue weighted by Crippen LogP contribution is -2.38. The standard InChI is InChI=1S/C11H13F3N2O4S/c1-3-20-7(2)10(17)16-21(18,19)9-5-4-8(6-15-9)11(12,13)14/h4-7H,3H2,1-2H3,(H,16,17)/t7-/m0/s1. The van der Waals surface area contributed by atoms with Crippen molar-refractivity contribution in [2.24, 2.45) is 0 Å². The molecule has 0 radical (unpaired) electrons. The van der Waals surface area contributed by atoms with Crippen LogP contribution in [0.15, 0.2) is 23.4 Å². The molecule has 0 fully saturated rings. The fraction of sp³-hybridized carbons (Fsp3) is 0.455. The van der Waals surface area contributed by atoms with Gasteiger partial charge in [0.2, 0.25) is 0 Å². The second-order valence-electron chi connectivity index (χ2n) is 3.95. The van der Waals surface area contributed by atoms with E-state index in [0.29, 0.717) is 18.3 Å². The molecule has 10 heteroatoms. The minimum Gasteiger partial charge on any atom is -0.369 e. The highest BCUT2D eigenvalue weighted by atomic mass is 32.2. The van der Waals surface area contributed by atoms with Gasteiger partial charge >= 0.3 is 6.18 Å². The lowest BCUT2D eigenvalue weighted by molar-refractivity contribution is -0.138. The highest BCUT2D eigenvalue weighted by Gasteiger charge is 2.31. The zero-order valence-corrected chi connectivity index (χ0v) is 12.0. The van der Waals surface area contributed by atoms with E-state index >= 15 is 0 Å². The summed E-state index contributed by atoms with van der Waals surface area (Å²) in [6.07, 6.45) is -5.26. The fourth-order valence-electron chi connectivity index (χ4n) is 1.30. The Morgan fingerprint density at radius 2 is 2.05 bits per heavy atom. The van der Waals surface area contributed by atoms with Crippen molar-refractivity contribution in [3.63, 3.8) is 0 Å². The topological polar surface area (TPSA) is 85.4 Å². The van der Waals surface area contributed by atoms with Crippen LogP contribution in [0.25, 0.3) is 0 Å². The first-order valence-electron chi connectivity index (χ1n) is 5.79. The van der Waals surface area contributed by atoms with Gasteiger partial charge in [-0.1, -0.05) is 0 Å². The summed E-state index contributed by atoms with van der Waals surface area (Å²) in [6.45, 7) is 3.16. The van der Waals surface area contributed by atoms with E-state index in [0.717, 1.165) is 0 Å². The summed E-state index contributed by atoms with van der Waals surface area (Å²) in [6, 6.07) is 1.24. The summed E-state index contributed by atoms with van der Waals surface area (Å²) in [5, 5.41) is -0.687. The minimum atomic E-state index is -4.62. The predicted molar refractivity (Wildman–Crippen MR) is 65.7 cm³/mol. The van der Waals surface area contributed by atoms with E-state index < -0.39 is 38.8 Å². The highest BCUT2D eigenvalue weighted by molar-refractivity contribution is 7.90. The number of carbonyl (C=O) groups is 1. The van der Waals surface area contributed by atoms with Crippen LogP contribution in [0.3, 0.4) is 0 Å². The molecule has 0 aliphatic rings. The number of pyridine rings is 1. The number of nitrogens with one attached hydrogen (secondary N) is 1. The zero-order valence-electron chi connectivity index (χ0n) is 11.1. The van der Waals surface area contributed by atoms with E-state index in [1.165, 1.54) is 6.92 Å². The number of hydrogen-bond donors (Lipinski definition) is 1. The third kappa shape index (κ3) is 4.67. The Balaban J connectivity index is 2.91. The molecule has 118 valence electrons. The second-order valence-corrected chi connectivity index (χ2v) is 5.58. The number of ether oxygens (including phenoxy) is 1. The maximum absolute atomic E-state index is 12.3. The Morgan fingerprint density at radius 1 is 1.43 bits per heavy atom. The molecule has 1 amide bonds. The molecule has 0 aliphatic carbocycles. The van der Waals surface area contributed by atoms with Crippen molar-refractivity contribution in [3.8, 4) is 0 Å². The predicted octanol–water partition coefficient (Wildman–Crippen LogP) is 1.33. The molecule has 0 spiro atoms. The van der Waals surface area contributed by atoms with Gasteiger partial charge in [0, 0.05) is 12.8 Å². The molecular weight excluding hydrogens is 313 g/mol. The summed E-state index contributed by atoms with van der Waals surface area (Å²) in [5.41, 5.74) is -1.09. The molecule has 0 saturated carbocycles. The Kier molecular flexibility index (Phi) is 5.29. The van der Waals surface area contributed by atoms with Crippen LogP contribution in [-0.4, -0.2) is 32.0 Å². The van der Waals surface area contributed by atoms with Crippen molar-refractivity contribution in [1.82, 2.24) is 9.71 Å². The van der Waals surface area contributed by atoms with E-state index in [-0.39, 0.29) is 6.61 Å². The lowest BCUT2D eigenvalue weighted by atomic mass is 10.3. The molecule has 21 heavy (non-hydrogen) atoms. The molecule has 1 rings (SSSR count). The molecule has 0 aromatic carbocycles. The van der Waals surface area contributed by atoms with Crippen molar-refractivity contribution in [3.05, 3.63) is 23.9 Å². The molecule has 1 atom stereocenters. The van der Waals surface area contributed by atoms with Crippen LogP contribution in [0.5, 0.6) is 0 Å². The molecular formula is C11H13F3N2O4S. The first kappa shape index (κ1) is 17.4. The number of rotatable bonds is 5. The molecule has 1 aromatic rings. The Hall–Kier alpha value is -1.68. The number of hydrogen-bond acceptors (Lipinski definition) is 5. The zero-order chi connectivity index (χ0) is 16.3. The number of halogens is 3. The molecule has 0 unspecified atom stereocenters. The van der Waals surface area contributed by atoms with Crippen molar-refractivity contribution >= 4 is 15.9 Å². The second kappa shape index (κ2) is 6.39. The highest BCUT2D eigenvalue weighted by Crippen LogP contribution is 2.28. The Labute approximate surface area is 119 Å². The molecule has 1 aromatic heterocycles. The maximum Gasteiger partial charge on any atom is 0.417 e. The van der Waals surface area contributed by atoms with Gasteiger partial charge in [-0.15, -0.1) is 0 Å². The van der Waals surface area contributed by atoms with Gasteiger partial charge in [0.25, 0.3) is 15.9 Å². The van der Waals surface area contributed by atoms with E-state index in [1.807, 2.05) is 0 Å². The van der Waals surface area contributed by atoms with E-state index in [4.69, 9.17) is 4.74 Å². The van der Waals surface area contributed by atoms with Gasteiger partial charge in [-0.3, -0.25) is 4.79 Å². The number of carbonyl (C=O) groups excluding carboxylic acids is 1. The number of amides is 1. The van der Waals surface area contributed by atoms with Crippen molar-refractivity contribution in [1.29, 1.82) is 0 Å². The quantitative estimate of drug-likeness (QED) is 0.882. The van der Waals surface area contributed by atoms with Gasteiger partial charge in [0.15, 0.2) is 5.03 Å². The first-order valence-corrected chi connectivity index (χ1v) is 7.27. The SMILES string of the molecule is CCO[C@@H](C)C(=O)NS(=O)(=O)c1ccc(C(F)(F)F)cn1. The Bertz CT molecular complexity index is 599. The lowest BCUT2D eigenvalue weighted by Gasteiger charge is -2.12. The van der Waals surface area contributed by atoms with E-state index in [9.17, 15) is 26.4 Å². The van der Waals surface area contributed by atoms with Gasteiger partial charge in [-0.05, 0) is 26.0 Å². The van der Waals surface area contributed by atoms with Crippen LogP contribution in [0.2, 0.25) is 0 Å². The van der Waals surface area contributed by atoms with Gasteiger partial charge in [0.1, 0.15) is 6.10 Å². The number of sulfonamides is 1. The summed E-state index contributed by atoms with van der Waals surface area (Å²) >= 11 is 0. The van der Waals surface area contributed by atoms with E-state index in [1.54, 1.807) is 11.6 Å². The number of nitrogens with zero attached hydrogens (tertiary/aromatic N) is 1. The monoisotopic (exact) mass is 326 g/mol. The number of aromatic nitrogens is 1. The molecule has 0 saturated heterocycles. The van der Waals surface area contributed by atoms with Gasteiger partial charge in [-0.25, -0.2) is 9.71 Å². The van der Waals surface area contributed by atoms with Gasteiger partial charge < -0.3 is 4.74 Å². The van der Waals surface area contributed by atoms with Gasteiger partial charge in [-0.2, -0.15) is 21.6 Å². The van der Waals surface area contributed by atoms with E-state index in [2.05, 4.69) is 4.98 Å². The van der Waals surface area contributed by atoms with Crippen LogP contribution in [-0.2, 0) is 25.7 Å². The van der Waals surface area contributed by atoms with Crippen LogP contribution in [0.1, 0.15) is 19.4 Å². The van der Waals surface area contributed by atoms with Crippen LogP contribution in [0, 0.1) is 0 Å². The third-order valence-electron chi connectivity index (χ3n) is 2.36. The number of alkyl halides is 3. The Morgan fingerprint density at radius 3 is 2.48 bits per heavy atom. The molecule has 1 heterocycles. The molecule has 6 nitrogen and oxygen atoms in total. The molecule has 0 aliphatic heterocycles. The minimum absolute atomic E-state index is 0.202. The van der Waals surface area contributed by atoms with Crippen LogP contribution in [0.4, 0.5) is 13.2 Å². The van der Waals surface area contributed by atoms with Crippen LogP contribution >= 0.6 is 0 Å². The first-order chi connectivity index (χ1) is 9.58. The summed E-state index contributed by atoms with van der Waals surface area (Å²) in [5.74, 6) is -0.932. The van der Waals surface area contributed by atoms with Crippen molar-refractivity contribution < 1.29 is 31.1 Å². The van der Waals surface area contributed by atoms with Gasteiger partial charge in [0.05, 0.1) is 5.56 Å². The van der Waals surface area contributed by atoms with Crippen molar-refractivity contribution in [2.45, 2.75) is 31.2 Å². The molecule has 0 bridgehead atoms. The fourth-order valence-corrected chi connectivity index (χ4v) is 2.27. The average molecular weight is 326 g/mol. The summed E-state index contributed by atoms with van der Waals surface area (Å²) in [4.78, 5) is 14.7. The van der Waals surface area contributed by atoms with Crippen LogP contribution < -0.4 is 4.72 Å². The summed E-state index contributed by atoms with van der Waals surface area (Å²) in [7, 11) is -4.34. The summed E-state index contributed by atoms with van der Waals surface area (Å²) < 4.78 is 67.2. The third-order valence-corrected chi connectivity index (χ3v) is 3.62. The smallest absolute Gasteiger partial charge is 0.369 e. The molecule has 1 N–H and O–H groups in total. The normalized spacial score (nSPS) is 13.8.